The van der Waals surface area contributed by atoms with Crippen LogP contribution in [0.5, 0.6) is 0 Å². The first-order chi connectivity index (χ1) is 7.70. The molecule has 0 saturated heterocycles. The fourth-order valence-electron chi connectivity index (χ4n) is 1.71. The van der Waals surface area contributed by atoms with E-state index in [4.69, 9.17) is 0 Å². The number of hydrogen-bond donors (Lipinski definition) is 0. The molecule has 0 aliphatic heterocycles. The summed E-state index contributed by atoms with van der Waals surface area (Å²) in [6.45, 7) is 20.1. The van der Waals surface area contributed by atoms with Crippen molar-refractivity contribution in [2.24, 2.45) is 17.3 Å². The smallest absolute Gasteiger partial charge is 0.00137 e. The number of nitrogens with zero attached hydrogens (tertiary/aromatic N) is 1. The van der Waals surface area contributed by atoms with Gasteiger partial charge in [0, 0.05) is 0 Å². The first-order valence-corrected chi connectivity index (χ1v) is 7.43. The van der Waals surface area contributed by atoms with E-state index >= 15 is 0 Å². The van der Waals surface area contributed by atoms with Crippen molar-refractivity contribution in [3.05, 3.63) is 0 Å². The van der Waals surface area contributed by atoms with Gasteiger partial charge < -0.3 is 4.90 Å². The van der Waals surface area contributed by atoms with Crippen LogP contribution in [-0.2, 0) is 0 Å². The molecular weight excluding hydrogens is 206 g/mol. The van der Waals surface area contributed by atoms with E-state index in [0.29, 0.717) is 5.41 Å². The standard InChI is InChI=1S/C16H35N/c1-14(2)8-11-17(12-9-15(3)4)13-10-16(5,6)7/h14-15H,8-13H2,1-7H3. The molecule has 0 aromatic carbocycles. The van der Waals surface area contributed by atoms with Crippen molar-refractivity contribution in [3.8, 4) is 0 Å². The van der Waals surface area contributed by atoms with Crippen LogP contribution in [0.2, 0.25) is 0 Å². The van der Waals surface area contributed by atoms with Gasteiger partial charge in [0.25, 0.3) is 0 Å². The second kappa shape index (κ2) is 8.13. The van der Waals surface area contributed by atoms with Crippen molar-refractivity contribution in [1.29, 1.82) is 0 Å². The van der Waals surface area contributed by atoms with Crippen LogP contribution >= 0.6 is 0 Å². The first-order valence-electron chi connectivity index (χ1n) is 7.43. The lowest BCUT2D eigenvalue weighted by molar-refractivity contribution is 0.208. The van der Waals surface area contributed by atoms with Crippen LogP contribution in [0.4, 0.5) is 0 Å². The lowest BCUT2D eigenvalue weighted by Crippen LogP contribution is -2.31. The highest BCUT2D eigenvalue weighted by Gasteiger charge is 2.13. The van der Waals surface area contributed by atoms with Crippen molar-refractivity contribution in [2.45, 2.75) is 67.7 Å². The van der Waals surface area contributed by atoms with E-state index in [1.165, 1.54) is 38.9 Å². The molecule has 0 spiro atoms. The van der Waals surface area contributed by atoms with Crippen molar-refractivity contribution in [2.75, 3.05) is 19.6 Å². The maximum atomic E-state index is 2.67. The highest BCUT2D eigenvalue weighted by atomic mass is 15.1. The Morgan fingerprint density at radius 3 is 1.47 bits per heavy atom. The fourth-order valence-corrected chi connectivity index (χ4v) is 1.71. The summed E-state index contributed by atoms with van der Waals surface area (Å²) in [7, 11) is 0. The number of hydrogen-bond acceptors (Lipinski definition) is 1. The molecule has 0 bridgehead atoms. The normalized spacial score (nSPS) is 13.1. The zero-order chi connectivity index (χ0) is 13.5. The van der Waals surface area contributed by atoms with Gasteiger partial charge in [0.2, 0.25) is 0 Å². The molecule has 0 N–H and O–H groups in total. The van der Waals surface area contributed by atoms with Gasteiger partial charge in [-0.05, 0) is 56.1 Å². The summed E-state index contributed by atoms with van der Waals surface area (Å²) in [6, 6.07) is 0. The molecule has 1 heteroatoms. The first kappa shape index (κ1) is 17.0. The second-order valence-corrected chi connectivity index (χ2v) is 7.52. The van der Waals surface area contributed by atoms with Crippen LogP contribution in [0, 0.1) is 17.3 Å². The van der Waals surface area contributed by atoms with Crippen LogP contribution < -0.4 is 0 Å². The van der Waals surface area contributed by atoms with E-state index < -0.39 is 0 Å². The van der Waals surface area contributed by atoms with E-state index in [-0.39, 0.29) is 0 Å². The summed E-state index contributed by atoms with van der Waals surface area (Å²) in [5.74, 6) is 1.65. The third-order valence-electron chi connectivity index (χ3n) is 3.22. The summed E-state index contributed by atoms with van der Waals surface area (Å²) in [5, 5.41) is 0. The van der Waals surface area contributed by atoms with E-state index in [1.807, 2.05) is 0 Å². The Kier molecular flexibility index (Phi) is 8.11. The Hall–Kier alpha value is -0.0400. The molecule has 0 rings (SSSR count). The average Bonchev–Trinajstić information content (AvgIpc) is 2.14. The van der Waals surface area contributed by atoms with Crippen LogP contribution in [0.3, 0.4) is 0 Å². The Bertz CT molecular complexity index is 164. The molecule has 0 fully saturated rings. The van der Waals surface area contributed by atoms with Gasteiger partial charge in [-0.1, -0.05) is 48.5 Å². The Morgan fingerprint density at radius 1 is 0.765 bits per heavy atom. The van der Waals surface area contributed by atoms with Gasteiger partial charge in [0.05, 0.1) is 0 Å². The van der Waals surface area contributed by atoms with Gasteiger partial charge in [0.15, 0.2) is 0 Å². The minimum atomic E-state index is 0.466. The van der Waals surface area contributed by atoms with E-state index in [2.05, 4.69) is 53.4 Å². The molecule has 0 unspecified atom stereocenters. The molecule has 0 heterocycles. The van der Waals surface area contributed by atoms with E-state index in [9.17, 15) is 0 Å². The number of rotatable bonds is 8. The van der Waals surface area contributed by atoms with Crippen molar-refractivity contribution < 1.29 is 0 Å². The molecular formula is C16H35N. The largest absolute Gasteiger partial charge is 0.303 e. The zero-order valence-corrected chi connectivity index (χ0v) is 13.3. The summed E-state index contributed by atoms with van der Waals surface area (Å²) in [5.41, 5.74) is 0.466. The molecule has 104 valence electrons. The van der Waals surface area contributed by atoms with Crippen LogP contribution in [0.15, 0.2) is 0 Å². The van der Waals surface area contributed by atoms with Gasteiger partial charge in [-0.25, -0.2) is 0 Å². The fraction of sp³-hybridized carbons (Fsp3) is 1.00. The van der Waals surface area contributed by atoms with Gasteiger partial charge in [-0.15, -0.1) is 0 Å². The van der Waals surface area contributed by atoms with Crippen LogP contribution in [-0.4, -0.2) is 24.5 Å². The lowest BCUT2D eigenvalue weighted by Gasteiger charge is -2.28. The minimum Gasteiger partial charge on any atom is -0.303 e. The monoisotopic (exact) mass is 241 g/mol. The summed E-state index contributed by atoms with van der Waals surface area (Å²) in [6.07, 6.45) is 3.98. The molecule has 0 aliphatic carbocycles. The summed E-state index contributed by atoms with van der Waals surface area (Å²) < 4.78 is 0. The highest BCUT2D eigenvalue weighted by Crippen LogP contribution is 2.19. The quantitative estimate of drug-likeness (QED) is 0.589. The molecule has 0 saturated carbocycles. The van der Waals surface area contributed by atoms with E-state index in [0.717, 1.165) is 11.8 Å². The molecule has 17 heavy (non-hydrogen) atoms. The predicted molar refractivity (Wildman–Crippen MR) is 79.4 cm³/mol. The van der Waals surface area contributed by atoms with Gasteiger partial charge in [-0.2, -0.15) is 0 Å². The van der Waals surface area contributed by atoms with Gasteiger partial charge in [0.1, 0.15) is 0 Å². The third-order valence-corrected chi connectivity index (χ3v) is 3.22. The molecule has 0 amide bonds. The molecule has 0 atom stereocenters. The van der Waals surface area contributed by atoms with Crippen molar-refractivity contribution in [1.82, 2.24) is 4.90 Å². The molecule has 0 aliphatic rings. The van der Waals surface area contributed by atoms with Crippen LogP contribution in [0.25, 0.3) is 0 Å². The Morgan fingerprint density at radius 2 is 1.18 bits per heavy atom. The summed E-state index contributed by atoms with van der Waals surface area (Å²) in [4.78, 5) is 2.67. The molecule has 0 aromatic rings. The maximum absolute atomic E-state index is 2.67. The van der Waals surface area contributed by atoms with Crippen LogP contribution in [0.1, 0.15) is 67.7 Å². The predicted octanol–water partition coefficient (Wildman–Crippen LogP) is 4.82. The maximum Gasteiger partial charge on any atom is -0.00137 e. The lowest BCUT2D eigenvalue weighted by atomic mass is 9.92. The molecule has 0 radical (unpaired) electrons. The third kappa shape index (κ3) is 12.2. The van der Waals surface area contributed by atoms with E-state index in [1.54, 1.807) is 0 Å². The highest BCUT2D eigenvalue weighted by molar-refractivity contribution is 4.67. The Labute approximate surface area is 110 Å². The minimum absolute atomic E-state index is 0.466. The Balaban J connectivity index is 4.01. The summed E-state index contributed by atoms with van der Waals surface area (Å²) >= 11 is 0. The average molecular weight is 241 g/mol. The van der Waals surface area contributed by atoms with Gasteiger partial charge >= 0.3 is 0 Å². The SMILES string of the molecule is CC(C)CCN(CCC(C)C)CCC(C)(C)C. The molecule has 0 aromatic heterocycles. The second-order valence-electron chi connectivity index (χ2n) is 7.52. The topological polar surface area (TPSA) is 3.24 Å². The van der Waals surface area contributed by atoms with Crippen molar-refractivity contribution >= 4 is 0 Å². The zero-order valence-electron chi connectivity index (χ0n) is 13.3. The molecule has 1 nitrogen and oxygen atoms in total. The van der Waals surface area contributed by atoms with Crippen molar-refractivity contribution in [3.63, 3.8) is 0 Å². The van der Waals surface area contributed by atoms with Gasteiger partial charge in [-0.3, -0.25) is 0 Å².